The minimum Gasteiger partial charge on any atom is -0.381 e. The van der Waals surface area contributed by atoms with E-state index in [4.69, 9.17) is 9.26 Å². The van der Waals surface area contributed by atoms with Crippen molar-refractivity contribution in [2.75, 3.05) is 19.8 Å². The van der Waals surface area contributed by atoms with Crippen LogP contribution < -0.4 is 0 Å². The molecule has 5 nitrogen and oxygen atoms in total. The van der Waals surface area contributed by atoms with E-state index >= 15 is 0 Å². The maximum atomic E-state index is 5.87. The average Bonchev–Trinajstić information content (AvgIpc) is 3.20. The van der Waals surface area contributed by atoms with Crippen LogP contribution in [0.3, 0.4) is 0 Å². The first-order valence-electron chi connectivity index (χ1n) is 9.12. The van der Waals surface area contributed by atoms with E-state index in [1.54, 1.807) is 0 Å². The molecule has 0 aromatic carbocycles. The molecule has 4 rings (SSSR count). The van der Waals surface area contributed by atoms with Crippen molar-refractivity contribution in [3.05, 3.63) is 41.5 Å². The lowest BCUT2D eigenvalue weighted by molar-refractivity contribution is 0.101. The van der Waals surface area contributed by atoms with Gasteiger partial charge in [-0.2, -0.15) is 0 Å². The standard InChI is InChI=1S/C19H27N3O2/c1-15-9-18(20-24-15)12-21-10-17(6-8-23-14-16-4-5-16)11-22-7-2-3-19(22)13-21/h2-3,7,9,16-17H,4-6,8,10-14H2,1H3/t17-/m1/s1. The van der Waals surface area contributed by atoms with E-state index in [1.807, 2.05) is 13.0 Å². The van der Waals surface area contributed by atoms with Gasteiger partial charge in [-0.15, -0.1) is 0 Å². The van der Waals surface area contributed by atoms with Gasteiger partial charge in [0, 0.05) is 57.3 Å². The molecule has 2 aromatic heterocycles. The zero-order chi connectivity index (χ0) is 16.4. The Morgan fingerprint density at radius 3 is 3.00 bits per heavy atom. The third kappa shape index (κ3) is 4.08. The van der Waals surface area contributed by atoms with Crippen LogP contribution in [0.4, 0.5) is 0 Å². The van der Waals surface area contributed by atoms with Crippen molar-refractivity contribution >= 4 is 0 Å². The van der Waals surface area contributed by atoms with Gasteiger partial charge in [-0.05, 0) is 50.2 Å². The second-order valence-electron chi connectivity index (χ2n) is 7.42. The molecular weight excluding hydrogens is 302 g/mol. The summed E-state index contributed by atoms with van der Waals surface area (Å²) in [6.07, 6.45) is 6.05. The molecule has 1 fully saturated rings. The number of nitrogens with zero attached hydrogens (tertiary/aromatic N) is 3. The van der Waals surface area contributed by atoms with E-state index in [1.165, 1.54) is 18.5 Å². The smallest absolute Gasteiger partial charge is 0.133 e. The van der Waals surface area contributed by atoms with Crippen molar-refractivity contribution in [1.29, 1.82) is 0 Å². The summed E-state index contributed by atoms with van der Waals surface area (Å²) >= 11 is 0. The Morgan fingerprint density at radius 2 is 2.21 bits per heavy atom. The fraction of sp³-hybridized carbons (Fsp3) is 0.632. The lowest BCUT2D eigenvalue weighted by Crippen LogP contribution is -2.28. The summed E-state index contributed by atoms with van der Waals surface area (Å²) in [5, 5.41) is 4.16. The van der Waals surface area contributed by atoms with Crippen molar-refractivity contribution < 1.29 is 9.26 Å². The lowest BCUT2D eigenvalue weighted by atomic mass is 10.1. The van der Waals surface area contributed by atoms with Crippen molar-refractivity contribution in [2.24, 2.45) is 11.8 Å². The fourth-order valence-electron chi connectivity index (χ4n) is 3.57. The zero-order valence-corrected chi connectivity index (χ0v) is 14.5. The van der Waals surface area contributed by atoms with Crippen LogP contribution in [0.25, 0.3) is 0 Å². The van der Waals surface area contributed by atoms with Crippen LogP contribution in [-0.2, 0) is 24.4 Å². The van der Waals surface area contributed by atoms with Gasteiger partial charge in [0.05, 0.1) is 5.69 Å². The average molecular weight is 329 g/mol. The minimum absolute atomic E-state index is 0.617. The molecule has 0 N–H and O–H groups in total. The van der Waals surface area contributed by atoms with Crippen molar-refractivity contribution in [3.63, 3.8) is 0 Å². The Labute approximate surface area is 143 Å². The summed E-state index contributed by atoms with van der Waals surface area (Å²) in [5.74, 6) is 2.35. The fourth-order valence-corrected chi connectivity index (χ4v) is 3.57. The summed E-state index contributed by atoms with van der Waals surface area (Å²) in [5.41, 5.74) is 2.41. The maximum Gasteiger partial charge on any atom is 0.133 e. The van der Waals surface area contributed by atoms with Crippen LogP contribution in [-0.4, -0.2) is 34.4 Å². The Bertz CT molecular complexity index is 659. The Morgan fingerprint density at radius 1 is 1.29 bits per heavy atom. The van der Waals surface area contributed by atoms with Gasteiger partial charge in [0.15, 0.2) is 0 Å². The minimum atomic E-state index is 0.617. The highest BCUT2D eigenvalue weighted by molar-refractivity contribution is 5.10. The van der Waals surface area contributed by atoms with E-state index in [0.29, 0.717) is 5.92 Å². The quantitative estimate of drug-likeness (QED) is 0.732. The van der Waals surface area contributed by atoms with Gasteiger partial charge in [-0.3, -0.25) is 4.90 Å². The topological polar surface area (TPSA) is 43.4 Å². The summed E-state index contributed by atoms with van der Waals surface area (Å²) in [7, 11) is 0. The molecule has 0 unspecified atom stereocenters. The molecule has 0 bridgehead atoms. The number of aryl methyl sites for hydroxylation is 1. The van der Waals surface area contributed by atoms with Crippen LogP contribution in [0, 0.1) is 18.8 Å². The number of hydrogen-bond acceptors (Lipinski definition) is 4. The Kier molecular flexibility index (Phi) is 4.72. The molecule has 24 heavy (non-hydrogen) atoms. The molecule has 2 aromatic rings. The van der Waals surface area contributed by atoms with Gasteiger partial charge in [-0.1, -0.05) is 5.16 Å². The molecule has 5 heteroatoms. The van der Waals surface area contributed by atoms with Crippen molar-refractivity contribution in [1.82, 2.24) is 14.6 Å². The second-order valence-corrected chi connectivity index (χ2v) is 7.42. The third-order valence-electron chi connectivity index (χ3n) is 5.06. The molecule has 0 spiro atoms. The second kappa shape index (κ2) is 7.11. The SMILES string of the molecule is Cc1cc(CN2Cc3cccn3C[C@H](CCOCC3CC3)C2)no1. The number of aromatic nitrogens is 2. The Balaban J connectivity index is 1.37. The van der Waals surface area contributed by atoms with Crippen LogP contribution in [0.15, 0.2) is 28.9 Å². The van der Waals surface area contributed by atoms with Gasteiger partial charge < -0.3 is 13.8 Å². The van der Waals surface area contributed by atoms with Gasteiger partial charge in [0.2, 0.25) is 0 Å². The Hall–Kier alpha value is -1.59. The molecule has 3 heterocycles. The number of hydrogen-bond donors (Lipinski definition) is 0. The first-order valence-corrected chi connectivity index (χ1v) is 9.12. The first kappa shape index (κ1) is 15.9. The van der Waals surface area contributed by atoms with E-state index in [2.05, 4.69) is 33.0 Å². The van der Waals surface area contributed by atoms with Crippen molar-refractivity contribution in [2.45, 2.75) is 45.8 Å². The van der Waals surface area contributed by atoms with Crippen LogP contribution in [0.2, 0.25) is 0 Å². The first-order chi connectivity index (χ1) is 11.8. The molecule has 130 valence electrons. The molecule has 2 aliphatic rings. The van der Waals surface area contributed by atoms with E-state index in [9.17, 15) is 0 Å². The molecule has 1 atom stereocenters. The molecule has 1 aliphatic heterocycles. The van der Waals surface area contributed by atoms with E-state index in [-0.39, 0.29) is 0 Å². The highest BCUT2D eigenvalue weighted by Crippen LogP contribution is 2.29. The lowest BCUT2D eigenvalue weighted by Gasteiger charge is -2.23. The summed E-state index contributed by atoms with van der Waals surface area (Å²) in [4.78, 5) is 2.49. The van der Waals surface area contributed by atoms with Crippen LogP contribution in [0.1, 0.15) is 36.4 Å². The monoisotopic (exact) mass is 329 g/mol. The van der Waals surface area contributed by atoms with Gasteiger partial charge in [0.25, 0.3) is 0 Å². The van der Waals surface area contributed by atoms with E-state index < -0.39 is 0 Å². The predicted molar refractivity (Wildman–Crippen MR) is 91.4 cm³/mol. The van der Waals surface area contributed by atoms with Gasteiger partial charge in [-0.25, -0.2) is 0 Å². The number of rotatable bonds is 7. The van der Waals surface area contributed by atoms with Gasteiger partial charge >= 0.3 is 0 Å². The molecule has 0 saturated heterocycles. The summed E-state index contributed by atoms with van der Waals surface area (Å²) in [6, 6.07) is 6.42. The third-order valence-corrected chi connectivity index (χ3v) is 5.06. The zero-order valence-electron chi connectivity index (χ0n) is 14.5. The maximum absolute atomic E-state index is 5.87. The summed E-state index contributed by atoms with van der Waals surface area (Å²) in [6.45, 7) is 7.78. The predicted octanol–water partition coefficient (Wildman–Crippen LogP) is 3.23. The highest BCUT2D eigenvalue weighted by atomic mass is 16.5. The highest BCUT2D eigenvalue weighted by Gasteiger charge is 2.24. The summed E-state index contributed by atoms with van der Waals surface area (Å²) < 4.78 is 13.5. The molecule has 1 aliphatic carbocycles. The molecule has 0 radical (unpaired) electrons. The van der Waals surface area contributed by atoms with Crippen LogP contribution >= 0.6 is 0 Å². The molecular formula is C19H27N3O2. The largest absolute Gasteiger partial charge is 0.381 e. The molecule has 0 amide bonds. The van der Waals surface area contributed by atoms with Crippen LogP contribution in [0.5, 0.6) is 0 Å². The van der Waals surface area contributed by atoms with E-state index in [0.717, 1.165) is 63.2 Å². The molecule has 1 saturated carbocycles. The normalized spacial score (nSPS) is 21.6. The number of ether oxygens (including phenoxy) is 1. The van der Waals surface area contributed by atoms with Crippen molar-refractivity contribution in [3.8, 4) is 0 Å². The van der Waals surface area contributed by atoms with Gasteiger partial charge in [0.1, 0.15) is 5.76 Å². The number of fused-ring (bicyclic) bond motifs is 1.